The summed E-state index contributed by atoms with van der Waals surface area (Å²) in [4.78, 5) is 21.9. The zero-order valence-electron chi connectivity index (χ0n) is 8.13. The van der Waals surface area contributed by atoms with Gasteiger partial charge in [0.2, 0.25) is 11.5 Å². The van der Waals surface area contributed by atoms with Gasteiger partial charge in [-0.15, -0.1) is 0 Å². The van der Waals surface area contributed by atoms with Gasteiger partial charge in [-0.05, 0) is 20.8 Å². The maximum atomic E-state index is 11.0. The minimum absolute atomic E-state index is 0.0277. The quantitative estimate of drug-likeness (QED) is 0.627. The van der Waals surface area contributed by atoms with E-state index < -0.39 is 16.5 Å². The van der Waals surface area contributed by atoms with Crippen molar-refractivity contribution in [2.75, 3.05) is 7.11 Å². The Kier molecular flexibility index (Phi) is 2.15. The van der Waals surface area contributed by atoms with Crippen molar-refractivity contribution in [2.45, 2.75) is 26.4 Å². The van der Waals surface area contributed by atoms with Gasteiger partial charge in [0.1, 0.15) is 5.60 Å². The van der Waals surface area contributed by atoms with Gasteiger partial charge in [-0.1, -0.05) is 0 Å². The van der Waals surface area contributed by atoms with Crippen molar-refractivity contribution in [3.63, 3.8) is 0 Å². The third kappa shape index (κ3) is 1.71. The van der Waals surface area contributed by atoms with Gasteiger partial charge in [0.05, 0.1) is 7.11 Å². The number of hydrogen-bond donors (Lipinski definition) is 0. The van der Waals surface area contributed by atoms with Crippen LogP contribution in [0.1, 0.15) is 20.8 Å². The molecule has 1 aromatic carbocycles. The molecule has 0 amide bonds. The Bertz CT molecular complexity index is 377. The monoisotopic (exact) mass is 184 g/mol. The Morgan fingerprint density at radius 1 is 1.00 bits per heavy atom. The Labute approximate surface area is 75.8 Å². The van der Waals surface area contributed by atoms with Crippen molar-refractivity contribution in [3.05, 3.63) is 20.4 Å². The largest absolute Gasteiger partial charge is 0.489 e. The fraction of sp³-hybridized carbons (Fsp3) is 0.556. The Hall–Kier alpha value is -1.32. The van der Waals surface area contributed by atoms with E-state index in [4.69, 9.17) is 9.47 Å². The SMILES string of the molecule is COc1c(OC(C)(C)C)c(=O)c1=O. The van der Waals surface area contributed by atoms with Crippen LogP contribution < -0.4 is 20.3 Å². The lowest BCUT2D eigenvalue weighted by Gasteiger charge is -2.22. The molecule has 0 fully saturated rings. The summed E-state index contributed by atoms with van der Waals surface area (Å²) >= 11 is 0. The molecule has 4 nitrogen and oxygen atoms in total. The van der Waals surface area contributed by atoms with E-state index in [0.717, 1.165) is 0 Å². The van der Waals surface area contributed by atoms with Crippen molar-refractivity contribution < 1.29 is 9.47 Å². The van der Waals surface area contributed by atoms with Crippen molar-refractivity contribution >= 4 is 0 Å². The molecule has 0 aliphatic rings. The van der Waals surface area contributed by atoms with Crippen LogP contribution in [0.4, 0.5) is 0 Å². The fourth-order valence-electron chi connectivity index (χ4n) is 0.934. The van der Waals surface area contributed by atoms with E-state index in [-0.39, 0.29) is 11.5 Å². The van der Waals surface area contributed by atoms with Crippen LogP contribution in [0.2, 0.25) is 0 Å². The van der Waals surface area contributed by atoms with E-state index >= 15 is 0 Å². The molecular formula is C9H12O4. The third-order valence-corrected chi connectivity index (χ3v) is 1.44. The van der Waals surface area contributed by atoms with Gasteiger partial charge >= 0.3 is 0 Å². The smallest absolute Gasteiger partial charge is 0.275 e. The summed E-state index contributed by atoms with van der Waals surface area (Å²) < 4.78 is 9.96. The molecule has 4 heteroatoms. The first-order valence-electron chi connectivity index (χ1n) is 3.93. The molecule has 13 heavy (non-hydrogen) atoms. The molecule has 1 aromatic rings. The first-order valence-corrected chi connectivity index (χ1v) is 3.93. The molecule has 1 rings (SSSR count). The molecule has 72 valence electrons. The van der Waals surface area contributed by atoms with Gasteiger partial charge in [0.15, 0.2) is 0 Å². The standard InChI is InChI=1S/C9H12O4/c1-9(2,3)13-8-6(11)5(10)7(8)12-4/h1-4H3. The number of hydrogen-bond acceptors (Lipinski definition) is 4. The Morgan fingerprint density at radius 3 is 1.85 bits per heavy atom. The van der Waals surface area contributed by atoms with Crippen molar-refractivity contribution in [1.82, 2.24) is 0 Å². The van der Waals surface area contributed by atoms with E-state index in [0.29, 0.717) is 0 Å². The zero-order valence-corrected chi connectivity index (χ0v) is 8.13. The van der Waals surface area contributed by atoms with Crippen molar-refractivity contribution in [1.29, 1.82) is 0 Å². The maximum Gasteiger partial charge on any atom is 0.275 e. The second-order valence-electron chi connectivity index (χ2n) is 3.74. The average molecular weight is 184 g/mol. The van der Waals surface area contributed by atoms with Crippen LogP contribution in [0.3, 0.4) is 0 Å². The molecule has 0 aromatic heterocycles. The van der Waals surface area contributed by atoms with Crippen LogP contribution in [-0.4, -0.2) is 12.7 Å². The molecule has 0 saturated heterocycles. The molecule has 0 unspecified atom stereocenters. The van der Waals surface area contributed by atoms with Gasteiger partial charge in [-0.2, -0.15) is 0 Å². The van der Waals surface area contributed by atoms with Crippen LogP contribution >= 0.6 is 0 Å². The lowest BCUT2D eigenvalue weighted by atomic mass is 10.1. The molecule has 0 N–H and O–H groups in total. The topological polar surface area (TPSA) is 52.6 Å². The molecule has 0 heterocycles. The second-order valence-corrected chi connectivity index (χ2v) is 3.74. The predicted molar refractivity (Wildman–Crippen MR) is 48.3 cm³/mol. The third-order valence-electron chi connectivity index (χ3n) is 1.44. The van der Waals surface area contributed by atoms with Crippen molar-refractivity contribution in [3.8, 4) is 11.5 Å². The summed E-state index contributed by atoms with van der Waals surface area (Å²) in [6.07, 6.45) is 0. The highest BCUT2D eigenvalue weighted by Gasteiger charge is 2.27. The molecule has 0 aliphatic heterocycles. The number of ether oxygens (including phenoxy) is 2. The summed E-state index contributed by atoms with van der Waals surface area (Å²) in [6, 6.07) is 0. The number of methoxy groups -OCH3 is 1. The van der Waals surface area contributed by atoms with E-state index in [1.165, 1.54) is 7.11 Å². The lowest BCUT2D eigenvalue weighted by molar-refractivity contribution is 0.120. The summed E-state index contributed by atoms with van der Waals surface area (Å²) in [5.74, 6) is 0.0694. The van der Waals surface area contributed by atoms with Crippen LogP contribution in [0.15, 0.2) is 9.59 Å². The minimum atomic E-state index is -0.609. The maximum absolute atomic E-state index is 11.0. The molecule has 0 aliphatic carbocycles. The number of rotatable bonds is 2. The zero-order chi connectivity index (χ0) is 10.2. The molecule has 0 radical (unpaired) electrons. The van der Waals surface area contributed by atoms with Gasteiger partial charge in [0.25, 0.3) is 10.9 Å². The average Bonchev–Trinajstić information content (AvgIpc) is 2.01. The van der Waals surface area contributed by atoms with Crippen LogP contribution in [0, 0.1) is 0 Å². The van der Waals surface area contributed by atoms with E-state index in [1.54, 1.807) is 20.8 Å². The molecule has 0 atom stereocenters. The van der Waals surface area contributed by atoms with Crippen LogP contribution in [0.5, 0.6) is 11.5 Å². The first kappa shape index (κ1) is 9.77. The summed E-state index contributed by atoms with van der Waals surface area (Å²) in [5, 5.41) is 0. The lowest BCUT2D eigenvalue weighted by Crippen LogP contribution is -2.38. The van der Waals surface area contributed by atoms with Gasteiger partial charge in [-0.25, -0.2) is 0 Å². The van der Waals surface area contributed by atoms with E-state index in [1.807, 2.05) is 0 Å². The Morgan fingerprint density at radius 2 is 1.46 bits per heavy atom. The van der Waals surface area contributed by atoms with E-state index in [2.05, 4.69) is 0 Å². The van der Waals surface area contributed by atoms with E-state index in [9.17, 15) is 9.59 Å². The van der Waals surface area contributed by atoms with Gasteiger partial charge < -0.3 is 9.47 Å². The fourth-order valence-corrected chi connectivity index (χ4v) is 0.934. The Balaban J connectivity index is 2.98. The summed E-state index contributed by atoms with van der Waals surface area (Å²) in [5.41, 5.74) is -1.70. The molecule has 0 spiro atoms. The normalized spacial score (nSPS) is 11.7. The minimum Gasteiger partial charge on any atom is -0.489 e. The van der Waals surface area contributed by atoms with Crippen LogP contribution in [-0.2, 0) is 0 Å². The molecule has 0 saturated carbocycles. The molecular weight excluding hydrogens is 172 g/mol. The van der Waals surface area contributed by atoms with Gasteiger partial charge in [0, 0.05) is 0 Å². The highest BCUT2D eigenvalue weighted by Crippen LogP contribution is 2.23. The predicted octanol–water partition coefficient (Wildman–Crippen LogP) is 0.468. The first-order chi connectivity index (χ1) is 5.87. The van der Waals surface area contributed by atoms with Crippen LogP contribution in [0.25, 0.3) is 0 Å². The van der Waals surface area contributed by atoms with Gasteiger partial charge in [-0.3, -0.25) is 9.59 Å². The highest BCUT2D eigenvalue weighted by molar-refractivity contribution is 5.46. The van der Waals surface area contributed by atoms with Crippen molar-refractivity contribution in [2.24, 2.45) is 0 Å². The summed E-state index contributed by atoms with van der Waals surface area (Å²) in [6.45, 7) is 5.38. The molecule has 0 bridgehead atoms. The second kappa shape index (κ2) is 2.87. The highest BCUT2D eigenvalue weighted by atomic mass is 16.5. The summed E-state index contributed by atoms with van der Waals surface area (Å²) in [7, 11) is 1.34.